The van der Waals surface area contributed by atoms with Crippen molar-refractivity contribution in [1.82, 2.24) is 15.1 Å². The van der Waals surface area contributed by atoms with Crippen molar-refractivity contribution in [3.63, 3.8) is 0 Å². The van der Waals surface area contributed by atoms with Crippen LogP contribution in [0.5, 0.6) is 5.75 Å². The second-order valence-electron chi connectivity index (χ2n) is 5.69. The SMILES string of the molecule is CCOc1ccc(C(C)NC(=O)CCn2nc(C)cc2C)cc1. The van der Waals surface area contributed by atoms with Crippen molar-refractivity contribution in [2.24, 2.45) is 0 Å². The molecule has 1 aromatic heterocycles. The molecule has 23 heavy (non-hydrogen) atoms. The van der Waals surface area contributed by atoms with E-state index in [2.05, 4.69) is 10.4 Å². The maximum atomic E-state index is 12.1. The van der Waals surface area contributed by atoms with E-state index in [0.29, 0.717) is 19.6 Å². The van der Waals surface area contributed by atoms with E-state index in [1.54, 1.807) is 0 Å². The van der Waals surface area contributed by atoms with Crippen LogP contribution in [0.2, 0.25) is 0 Å². The Morgan fingerprint density at radius 2 is 2.00 bits per heavy atom. The summed E-state index contributed by atoms with van der Waals surface area (Å²) in [5.41, 5.74) is 3.12. The molecule has 5 heteroatoms. The zero-order valence-corrected chi connectivity index (χ0v) is 14.3. The fourth-order valence-corrected chi connectivity index (χ4v) is 2.53. The summed E-state index contributed by atoms with van der Waals surface area (Å²) in [6.45, 7) is 9.15. The Morgan fingerprint density at radius 1 is 1.30 bits per heavy atom. The summed E-state index contributed by atoms with van der Waals surface area (Å²) in [6.07, 6.45) is 0.420. The molecule has 0 aliphatic rings. The molecule has 1 aromatic carbocycles. The first-order chi connectivity index (χ1) is 11.0. The number of rotatable bonds is 7. The van der Waals surface area contributed by atoms with Gasteiger partial charge in [-0.2, -0.15) is 5.10 Å². The molecule has 124 valence electrons. The maximum absolute atomic E-state index is 12.1. The van der Waals surface area contributed by atoms with Crippen LogP contribution in [0.1, 0.15) is 43.3 Å². The molecule has 1 amide bonds. The van der Waals surface area contributed by atoms with E-state index in [4.69, 9.17) is 4.74 Å². The van der Waals surface area contributed by atoms with Gasteiger partial charge in [0.05, 0.1) is 18.3 Å². The highest BCUT2D eigenvalue weighted by molar-refractivity contribution is 5.76. The normalized spacial score (nSPS) is 12.0. The lowest BCUT2D eigenvalue weighted by atomic mass is 10.1. The van der Waals surface area contributed by atoms with Gasteiger partial charge >= 0.3 is 0 Å². The van der Waals surface area contributed by atoms with Gasteiger partial charge in [-0.1, -0.05) is 12.1 Å². The summed E-state index contributed by atoms with van der Waals surface area (Å²) < 4.78 is 7.30. The minimum Gasteiger partial charge on any atom is -0.494 e. The Bertz CT molecular complexity index is 647. The lowest BCUT2D eigenvalue weighted by molar-refractivity contribution is -0.122. The number of hydrogen-bond acceptors (Lipinski definition) is 3. The fraction of sp³-hybridized carbons (Fsp3) is 0.444. The predicted octanol–water partition coefficient (Wildman–Crippen LogP) is 3.17. The number of carbonyl (C=O) groups is 1. The third-order valence-electron chi connectivity index (χ3n) is 3.72. The van der Waals surface area contributed by atoms with E-state index in [0.717, 1.165) is 22.7 Å². The molecular formula is C18H25N3O2. The van der Waals surface area contributed by atoms with Crippen molar-refractivity contribution in [1.29, 1.82) is 0 Å². The fourth-order valence-electron chi connectivity index (χ4n) is 2.53. The molecule has 0 fully saturated rings. The first-order valence-corrected chi connectivity index (χ1v) is 8.02. The molecule has 0 aliphatic heterocycles. The van der Waals surface area contributed by atoms with Gasteiger partial charge in [-0.25, -0.2) is 0 Å². The Balaban J connectivity index is 1.85. The quantitative estimate of drug-likeness (QED) is 0.854. The predicted molar refractivity (Wildman–Crippen MR) is 90.5 cm³/mol. The molecule has 1 unspecified atom stereocenters. The lowest BCUT2D eigenvalue weighted by Crippen LogP contribution is -2.27. The number of benzene rings is 1. The molecule has 2 rings (SSSR count). The standard InChI is InChI=1S/C18H25N3O2/c1-5-23-17-8-6-16(7-9-17)15(4)19-18(22)10-11-21-14(3)12-13(2)20-21/h6-9,12,15H,5,10-11H2,1-4H3,(H,19,22). The molecule has 0 saturated heterocycles. The maximum Gasteiger partial charge on any atom is 0.222 e. The van der Waals surface area contributed by atoms with Crippen molar-refractivity contribution in [3.05, 3.63) is 47.3 Å². The van der Waals surface area contributed by atoms with E-state index in [1.807, 2.05) is 62.7 Å². The number of ether oxygens (including phenoxy) is 1. The zero-order valence-electron chi connectivity index (χ0n) is 14.3. The van der Waals surface area contributed by atoms with Crippen LogP contribution in [0.3, 0.4) is 0 Å². The first-order valence-electron chi connectivity index (χ1n) is 8.02. The van der Waals surface area contributed by atoms with Crippen molar-refractivity contribution < 1.29 is 9.53 Å². The molecular weight excluding hydrogens is 290 g/mol. The van der Waals surface area contributed by atoms with Crippen LogP contribution < -0.4 is 10.1 Å². The van der Waals surface area contributed by atoms with E-state index >= 15 is 0 Å². The second kappa shape index (κ2) is 7.81. The van der Waals surface area contributed by atoms with Crippen molar-refractivity contribution in [2.45, 2.75) is 46.7 Å². The highest BCUT2D eigenvalue weighted by atomic mass is 16.5. The minimum atomic E-state index is -0.0290. The van der Waals surface area contributed by atoms with Crippen LogP contribution in [0.15, 0.2) is 30.3 Å². The van der Waals surface area contributed by atoms with Gasteiger partial charge in [-0.15, -0.1) is 0 Å². The van der Waals surface area contributed by atoms with Crippen LogP contribution in [0.4, 0.5) is 0 Å². The minimum absolute atomic E-state index is 0.0268. The third kappa shape index (κ3) is 4.84. The molecule has 0 bridgehead atoms. The smallest absolute Gasteiger partial charge is 0.222 e. The summed E-state index contributed by atoms with van der Waals surface area (Å²) in [6, 6.07) is 9.81. The lowest BCUT2D eigenvalue weighted by Gasteiger charge is -2.15. The number of nitrogens with zero attached hydrogens (tertiary/aromatic N) is 2. The van der Waals surface area contributed by atoms with Gasteiger partial charge in [0.1, 0.15) is 5.75 Å². The van der Waals surface area contributed by atoms with Crippen LogP contribution in [-0.4, -0.2) is 22.3 Å². The summed E-state index contributed by atoms with van der Waals surface area (Å²) >= 11 is 0. The molecule has 5 nitrogen and oxygen atoms in total. The molecule has 1 N–H and O–H groups in total. The highest BCUT2D eigenvalue weighted by Crippen LogP contribution is 2.17. The van der Waals surface area contributed by atoms with Gasteiger partial charge in [0.15, 0.2) is 0 Å². The summed E-state index contributed by atoms with van der Waals surface area (Å²) in [7, 11) is 0. The van der Waals surface area contributed by atoms with E-state index < -0.39 is 0 Å². The van der Waals surface area contributed by atoms with Crippen LogP contribution >= 0.6 is 0 Å². The molecule has 0 spiro atoms. The number of hydrogen-bond donors (Lipinski definition) is 1. The van der Waals surface area contributed by atoms with Gasteiger partial charge < -0.3 is 10.1 Å². The van der Waals surface area contributed by atoms with Gasteiger partial charge in [-0.3, -0.25) is 9.48 Å². The number of aromatic nitrogens is 2. The topological polar surface area (TPSA) is 56.1 Å². The Labute approximate surface area is 137 Å². The van der Waals surface area contributed by atoms with Crippen LogP contribution in [-0.2, 0) is 11.3 Å². The van der Waals surface area contributed by atoms with Crippen molar-refractivity contribution in [2.75, 3.05) is 6.61 Å². The Morgan fingerprint density at radius 3 is 2.57 bits per heavy atom. The molecule has 0 saturated carbocycles. The van der Waals surface area contributed by atoms with Gasteiger partial charge in [-0.05, 0) is 51.5 Å². The average Bonchev–Trinajstić information content (AvgIpc) is 2.84. The molecule has 2 aromatic rings. The first kappa shape index (κ1) is 17.1. The zero-order chi connectivity index (χ0) is 16.8. The molecule has 1 atom stereocenters. The summed E-state index contributed by atoms with van der Waals surface area (Å²) in [4.78, 5) is 12.1. The summed E-state index contributed by atoms with van der Waals surface area (Å²) in [5.74, 6) is 0.873. The summed E-state index contributed by atoms with van der Waals surface area (Å²) in [5, 5.41) is 7.39. The average molecular weight is 315 g/mol. The number of amides is 1. The van der Waals surface area contributed by atoms with Crippen molar-refractivity contribution >= 4 is 5.91 Å². The molecule has 0 radical (unpaired) electrons. The number of nitrogens with one attached hydrogen (secondary N) is 1. The van der Waals surface area contributed by atoms with E-state index in [1.165, 1.54) is 0 Å². The highest BCUT2D eigenvalue weighted by Gasteiger charge is 2.10. The second-order valence-corrected chi connectivity index (χ2v) is 5.69. The van der Waals surface area contributed by atoms with Gasteiger partial charge in [0.2, 0.25) is 5.91 Å². The monoisotopic (exact) mass is 315 g/mol. The van der Waals surface area contributed by atoms with E-state index in [-0.39, 0.29) is 11.9 Å². The van der Waals surface area contributed by atoms with Gasteiger partial charge in [0, 0.05) is 18.7 Å². The number of aryl methyl sites for hydroxylation is 3. The largest absolute Gasteiger partial charge is 0.494 e. The number of carbonyl (C=O) groups excluding carboxylic acids is 1. The molecule has 1 heterocycles. The Kier molecular flexibility index (Phi) is 5.79. The Hall–Kier alpha value is -2.30. The molecule has 0 aliphatic carbocycles. The van der Waals surface area contributed by atoms with E-state index in [9.17, 15) is 4.79 Å². The van der Waals surface area contributed by atoms with Crippen LogP contribution in [0, 0.1) is 13.8 Å². The third-order valence-corrected chi connectivity index (χ3v) is 3.72. The van der Waals surface area contributed by atoms with Gasteiger partial charge in [0.25, 0.3) is 0 Å². The van der Waals surface area contributed by atoms with Crippen LogP contribution in [0.25, 0.3) is 0 Å². The van der Waals surface area contributed by atoms with Crippen molar-refractivity contribution in [3.8, 4) is 5.75 Å².